The summed E-state index contributed by atoms with van der Waals surface area (Å²) >= 11 is 0. The summed E-state index contributed by atoms with van der Waals surface area (Å²) in [4.78, 5) is 29.9. The number of aromatic nitrogens is 2. The molecule has 0 aliphatic carbocycles. The number of benzene rings is 2. The van der Waals surface area contributed by atoms with Gasteiger partial charge in [-0.05, 0) is 67.3 Å². The molecule has 0 aliphatic rings. The van der Waals surface area contributed by atoms with Gasteiger partial charge in [0.25, 0.3) is 5.56 Å². The van der Waals surface area contributed by atoms with Crippen molar-refractivity contribution in [2.75, 3.05) is 5.32 Å². The Balaban J connectivity index is 1.61. The van der Waals surface area contributed by atoms with Gasteiger partial charge in [-0.1, -0.05) is 29.8 Å². The smallest absolute Gasteiger partial charge is 0.258 e. The molecule has 0 atom stereocenters. The fraction of sp³-hybridized carbons (Fsp3) is 0.192. The Labute approximate surface area is 181 Å². The summed E-state index contributed by atoms with van der Waals surface area (Å²) in [6.07, 6.45) is 5.53. The third kappa shape index (κ3) is 4.40. The first kappa shape index (κ1) is 20.5. The SMILES string of the molecule is Cc1cc(C)c(CC(=O)Nc2cccc3c(=O)n(Cc4cccnc4)ccc23)c(C)c1. The predicted octanol–water partition coefficient (Wildman–Crippen LogP) is 4.55. The van der Waals surface area contributed by atoms with Gasteiger partial charge in [-0.25, -0.2) is 0 Å². The van der Waals surface area contributed by atoms with Gasteiger partial charge in [-0.2, -0.15) is 0 Å². The molecule has 2 aromatic carbocycles. The van der Waals surface area contributed by atoms with Crippen LogP contribution in [0.3, 0.4) is 0 Å². The minimum atomic E-state index is -0.0953. The Morgan fingerprint density at radius 3 is 2.48 bits per heavy atom. The molecule has 2 aromatic heterocycles. The number of anilines is 1. The molecule has 5 heteroatoms. The molecule has 0 saturated carbocycles. The van der Waals surface area contributed by atoms with Crippen molar-refractivity contribution in [1.29, 1.82) is 0 Å². The number of hydrogen-bond donors (Lipinski definition) is 1. The van der Waals surface area contributed by atoms with Crippen LogP contribution >= 0.6 is 0 Å². The van der Waals surface area contributed by atoms with Crippen LogP contribution in [0.1, 0.15) is 27.8 Å². The van der Waals surface area contributed by atoms with Gasteiger partial charge in [-0.3, -0.25) is 14.6 Å². The lowest BCUT2D eigenvalue weighted by Crippen LogP contribution is -2.21. The molecule has 1 amide bonds. The molecular weight excluding hydrogens is 386 g/mol. The van der Waals surface area contributed by atoms with Crippen molar-refractivity contribution >= 4 is 22.4 Å². The van der Waals surface area contributed by atoms with Crippen molar-refractivity contribution < 1.29 is 4.79 Å². The van der Waals surface area contributed by atoms with Crippen LogP contribution in [-0.4, -0.2) is 15.5 Å². The van der Waals surface area contributed by atoms with Gasteiger partial charge in [0.2, 0.25) is 5.91 Å². The number of hydrogen-bond acceptors (Lipinski definition) is 3. The van der Waals surface area contributed by atoms with E-state index in [2.05, 4.69) is 29.4 Å². The lowest BCUT2D eigenvalue weighted by Gasteiger charge is -2.13. The molecular formula is C26H25N3O2. The molecule has 4 rings (SSSR count). The molecule has 0 fully saturated rings. The molecule has 156 valence electrons. The molecule has 0 bridgehead atoms. The van der Waals surface area contributed by atoms with E-state index in [0.29, 0.717) is 24.0 Å². The van der Waals surface area contributed by atoms with Crippen molar-refractivity contribution in [3.05, 3.63) is 105 Å². The van der Waals surface area contributed by atoms with E-state index in [1.165, 1.54) is 5.56 Å². The Bertz CT molecular complexity index is 1300. The number of nitrogens with zero attached hydrogens (tertiary/aromatic N) is 2. The number of aryl methyl sites for hydroxylation is 3. The van der Waals surface area contributed by atoms with Gasteiger partial charge in [0.05, 0.1) is 13.0 Å². The molecule has 31 heavy (non-hydrogen) atoms. The number of fused-ring (bicyclic) bond motifs is 1. The molecule has 0 saturated heterocycles. The van der Waals surface area contributed by atoms with Crippen LogP contribution in [-0.2, 0) is 17.8 Å². The van der Waals surface area contributed by atoms with Gasteiger partial charge in [0.15, 0.2) is 0 Å². The predicted molar refractivity (Wildman–Crippen MR) is 125 cm³/mol. The van der Waals surface area contributed by atoms with E-state index in [1.807, 2.05) is 38.1 Å². The number of nitrogens with one attached hydrogen (secondary N) is 1. The second-order valence-electron chi connectivity index (χ2n) is 7.98. The Morgan fingerprint density at radius 1 is 1.00 bits per heavy atom. The van der Waals surface area contributed by atoms with Crippen LogP contribution in [0, 0.1) is 20.8 Å². The average Bonchev–Trinajstić information content (AvgIpc) is 2.74. The van der Waals surface area contributed by atoms with Crippen molar-refractivity contribution in [3.63, 3.8) is 0 Å². The maximum Gasteiger partial charge on any atom is 0.258 e. The van der Waals surface area contributed by atoms with Crippen LogP contribution in [0.5, 0.6) is 0 Å². The molecule has 5 nitrogen and oxygen atoms in total. The van der Waals surface area contributed by atoms with Crippen LogP contribution < -0.4 is 10.9 Å². The molecule has 0 aliphatic heterocycles. The minimum absolute atomic E-state index is 0.0947. The van der Waals surface area contributed by atoms with E-state index in [1.54, 1.807) is 35.3 Å². The minimum Gasteiger partial charge on any atom is -0.325 e. The lowest BCUT2D eigenvalue weighted by atomic mass is 9.97. The molecule has 0 spiro atoms. The summed E-state index contributed by atoms with van der Waals surface area (Å²) in [5, 5.41) is 4.31. The van der Waals surface area contributed by atoms with Gasteiger partial charge in [0, 0.05) is 35.1 Å². The standard InChI is InChI=1S/C26H25N3O2/c1-17-12-18(2)23(19(3)13-17)14-25(30)28-24-8-4-7-22-21(24)9-11-29(26(22)31)16-20-6-5-10-27-15-20/h4-13,15H,14,16H2,1-3H3,(H,28,30). The second kappa shape index (κ2) is 8.56. The normalized spacial score (nSPS) is 10.9. The first-order valence-corrected chi connectivity index (χ1v) is 10.3. The van der Waals surface area contributed by atoms with E-state index in [-0.39, 0.29) is 11.5 Å². The Hall–Kier alpha value is -3.73. The quantitative estimate of drug-likeness (QED) is 0.524. The summed E-state index contributed by atoms with van der Waals surface area (Å²) in [6, 6.07) is 15.3. The summed E-state index contributed by atoms with van der Waals surface area (Å²) in [5.41, 5.74) is 5.97. The lowest BCUT2D eigenvalue weighted by molar-refractivity contribution is -0.115. The number of rotatable bonds is 5. The second-order valence-corrected chi connectivity index (χ2v) is 7.98. The largest absolute Gasteiger partial charge is 0.325 e. The highest BCUT2D eigenvalue weighted by atomic mass is 16.1. The number of pyridine rings is 2. The summed E-state index contributed by atoms with van der Waals surface area (Å²) in [6.45, 7) is 6.57. The van der Waals surface area contributed by atoms with E-state index in [0.717, 1.165) is 27.6 Å². The fourth-order valence-electron chi connectivity index (χ4n) is 4.08. The van der Waals surface area contributed by atoms with Crippen LogP contribution in [0.4, 0.5) is 5.69 Å². The number of carbonyl (C=O) groups is 1. The van der Waals surface area contributed by atoms with Gasteiger partial charge in [-0.15, -0.1) is 0 Å². The number of amides is 1. The first-order valence-electron chi connectivity index (χ1n) is 10.3. The van der Waals surface area contributed by atoms with Gasteiger partial charge >= 0.3 is 0 Å². The average molecular weight is 412 g/mol. The van der Waals surface area contributed by atoms with Crippen molar-refractivity contribution in [2.24, 2.45) is 0 Å². The van der Waals surface area contributed by atoms with Crippen molar-refractivity contribution in [3.8, 4) is 0 Å². The monoisotopic (exact) mass is 411 g/mol. The molecule has 0 unspecified atom stereocenters. The highest BCUT2D eigenvalue weighted by Crippen LogP contribution is 2.22. The number of carbonyl (C=O) groups excluding carboxylic acids is 1. The van der Waals surface area contributed by atoms with Gasteiger partial charge < -0.3 is 9.88 Å². The fourth-order valence-corrected chi connectivity index (χ4v) is 4.08. The summed E-state index contributed by atoms with van der Waals surface area (Å²) in [5.74, 6) is -0.0953. The maximum atomic E-state index is 13.0. The Morgan fingerprint density at radius 2 is 1.77 bits per heavy atom. The van der Waals surface area contributed by atoms with Gasteiger partial charge in [0.1, 0.15) is 0 Å². The van der Waals surface area contributed by atoms with E-state index in [9.17, 15) is 9.59 Å². The van der Waals surface area contributed by atoms with E-state index >= 15 is 0 Å². The zero-order valence-corrected chi connectivity index (χ0v) is 18.0. The summed E-state index contributed by atoms with van der Waals surface area (Å²) < 4.78 is 1.66. The van der Waals surface area contributed by atoms with Crippen molar-refractivity contribution in [1.82, 2.24) is 9.55 Å². The molecule has 0 radical (unpaired) electrons. The highest BCUT2D eigenvalue weighted by Gasteiger charge is 2.13. The molecule has 2 heterocycles. The third-order valence-corrected chi connectivity index (χ3v) is 5.55. The summed E-state index contributed by atoms with van der Waals surface area (Å²) in [7, 11) is 0. The zero-order chi connectivity index (χ0) is 22.0. The van der Waals surface area contributed by atoms with Crippen LogP contribution in [0.2, 0.25) is 0 Å². The van der Waals surface area contributed by atoms with E-state index in [4.69, 9.17) is 0 Å². The first-order chi connectivity index (χ1) is 14.9. The highest BCUT2D eigenvalue weighted by molar-refractivity contribution is 6.02. The topological polar surface area (TPSA) is 64.0 Å². The third-order valence-electron chi connectivity index (χ3n) is 5.55. The van der Waals surface area contributed by atoms with Crippen molar-refractivity contribution in [2.45, 2.75) is 33.7 Å². The molecule has 4 aromatic rings. The maximum absolute atomic E-state index is 13.0. The van der Waals surface area contributed by atoms with Crippen LogP contribution in [0.25, 0.3) is 10.8 Å². The van der Waals surface area contributed by atoms with E-state index < -0.39 is 0 Å². The molecule has 1 N–H and O–H groups in total. The Kier molecular flexibility index (Phi) is 5.67. The van der Waals surface area contributed by atoms with Crippen LogP contribution in [0.15, 0.2) is 71.9 Å². The zero-order valence-electron chi connectivity index (χ0n) is 18.0.